The third kappa shape index (κ3) is 3.88. The van der Waals surface area contributed by atoms with Gasteiger partial charge in [0.2, 0.25) is 0 Å². The minimum atomic E-state index is -0.298. The predicted octanol–water partition coefficient (Wildman–Crippen LogP) is 2.70. The van der Waals surface area contributed by atoms with Crippen molar-refractivity contribution >= 4 is 17.3 Å². The number of thiazole rings is 1. The summed E-state index contributed by atoms with van der Waals surface area (Å²) in [4.78, 5) is 16.7. The molecule has 0 amide bonds. The first-order valence-electron chi connectivity index (χ1n) is 6.58. The molecule has 0 aliphatic rings. The zero-order valence-corrected chi connectivity index (χ0v) is 12.3. The lowest BCUT2D eigenvalue weighted by atomic mass is 10.1. The van der Waals surface area contributed by atoms with E-state index in [2.05, 4.69) is 17.1 Å². The van der Waals surface area contributed by atoms with Gasteiger partial charge in [0.25, 0.3) is 0 Å². The average molecular weight is 290 g/mol. The number of ether oxygens (including phenoxy) is 1. The van der Waals surface area contributed by atoms with Crippen molar-refractivity contribution in [1.82, 2.24) is 4.98 Å². The molecule has 0 radical (unpaired) electrons. The van der Waals surface area contributed by atoms with Crippen molar-refractivity contribution < 1.29 is 9.53 Å². The van der Waals surface area contributed by atoms with Crippen molar-refractivity contribution in [2.45, 2.75) is 26.3 Å². The second kappa shape index (κ2) is 7.17. The second-order valence-electron chi connectivity index (χ2n) is 4.45. The first-order valence-corrected chi connectivity index (χ1v) is 7.39. The minimum absolute atomic E-state index is 0.298. The van der Waals surface area contributed by atoms with Crippen molar-refractivity contribution in [3.05, 3.63) is 51.5 Å². The smallest absolute Gasteiger partial charge is 0.350 e. The Labute approximate surface area is 122 Å². The number of aryl methyl sites for hydroxylation is 2. The van der Waals surface area contributed by atoms with E-state index in [9.17, 15) is 4.79 Å². The molecule has 0 unspecified atom stereocenters. The molecule has 1 aromatic carbocycles. The Morgan fingerprint density at radius 3 is 2.75 bits per heavy atom. The quantitative estimate of drug-likeness (QED) is 0.656. The van der Waals surface area contributed by atoms with Gasteiger partial charge in [0, 0.05) is 6.54 Å². The van der Waals surface area contributed by atoms with E-state index >= 15 is 0 Å². The van der Waals surface area contributed by atoms with Crippen LogP contribution in [-0.2, 0) is 17.7 Å². The summed E-state index contributed by atoms with van der Waals surface area (Å²) < 4.78 is 5.28. The second-order valence-corrected chi connectivity index (χ2v) is 5.53. The fourth-order valence-corrected chi connectivity index (χ4v) is 2.72. The van der Waals surface area contributed by atoms with E-state index in [1.165, 1.54) is 16.9 Å². The number of nitrogens with zero attached hydrogens (tertiary/aromatic N) is 1. The zero-order valence-electron chi connectivity index (χ0n) is 11.5. The van der Waals surface area contributed by atoms with E-state index in [4.69, 9.17) is 10.5 Å². The maximum Gasteiger partial charge on any atom is 0.350 e. The predicted molar refractivity (Wildman–Crippen MR) is 79.8 cm³/mol. The molecule has 2 N–H and O–H groups in total. The molecule has 0 saturated heterocycles. The van der Waals surface area contributed by atoms with E-state index in [1.807, 2.05) is 18.2 Å². The monoisotopic (exact) mass is 290 g/mol. The summed E-state index contributed by atoms with van der Waals surface area (Å²) in [5.41, 5.74) is 7.46. The van der Waals surface area contributed by atoms with Crippen LogP contribution in [0.25, 0.3) is 0 Å². The molecule has 0 saturated carbocycles. The SMILES string of the molecule is Cc1nc(CN)sc1C(=O)OCCCc1ccccc1. The van der Waals surface area contributed by atoms with E-state index in [0.717, 1.165) is 17.8 Å². The van der Waals surface area contributed by atoms with E-state index < -0.39 is 0 Å². The Hall–Kier alpha value is -1.72. The molecular formula is C15H18N2O2S. The van der Waals surface area contributed by atoms with Gasteiger partial charge in [0.1, 0.15) is 9.88 Å². The van der Waals surface area contributed by atoms with Crippen LogP contribution >= 0.6 is 11.3 Å². The summed E-state index contributed by atoms with van der Waals surface area (Å²) in [6.45, 7) is 2.58. The van der Waals surface area contributed by atoms with Crippen LogP contribution in [0, 0.1) is 6.92 Å². The lowest BCUT2D eigenvalue weighted by molar-refractivity contribution is 0.0505. The highest BCUT2D eigenvalue weighted by molar-refractivity contribution is 7.13. The molecule has 0 bridgehead atoms. The Morgan fingerprint density at radius 2 is 2.10 bits per heavy atom. The van der Waals surface area contributed by atoms with E-state index in [0.29, 0.717) is 23.7 Å². The van der Waals surface area contributed by atoms with Crippen molar-refractivity contribution in [2.24, 2.45) is 5.73 Å². The van der Waals surface area contributed by atoms with Crippen LogP contribution in [0.3, 0.4) is 0 Å². The molecule has 5 heteroatoms. The van der Waals surface area contributed by atoms with Crippen molar-refractivity contribution in [1.29, 1.82) is 0 Å². The van der Waals surface area contributed by atoms with Gasteiger partial charge in [-0.1, -0.05) is 30.3 Å². The molecular weight excluding hydrogens is 272 g/mol. The number of hydrogen-bond donors (Lipinski definition) is 1. The molecule has 1 aromatic heterocycles. The lowest BCUT2D eigenvalue weighted by Crippen LogP contribution is -2.06. The van der Waals surface area contributed by atoms with Crippen LogP contribution in [0.2, 0.25) is 0 Å². The number of benzene rings is 1. The third-order valence-electron chi connectivity index (χ3n) is 2.89. The van der Waals surface area contributed by atoms with Gasteiger partial charge in [0.15, 0.2) is 0 Å². The fraction of sp³-hybridized carbons (Fsp3) is 0.333. The normalized spacial score (nSPS) is 10.5. The van der Waals surface area contributed by atoms with Crippen LogP contribution in [-0.4, -0.2) is 17.6 Å². The summed E-state index contributed by atoms with van der Waals surface area (Å²) in [5, 5.41) is 0.763. The molecule has 0 aliphatic carbocycles. The average Bonchev–Trinajstić information content (AvgIpc) is 2.86. The lowest BCUT2D eigenvalue weighted by Gasteiger charge is -2.04. The summed E-state index contributed by atoms with van der Waals surface area (Å²) in [5.74, 6) is -0.298. The van der Waals surface area contributed by atoms with Gasteiger partial charge in [-0.25, -0.2) is 9.78 Å². The zero-order chi connectivity index (χ0) is 14.4. The number of nitrogens with two attached hydrogens (primary N) is 1. The molecule has 1 heterocycles. The van der Waals surface area contributed by atoms with Gasteiger partial charge in [-0.2, -0.15) is 0 Å². The topological polar surface area (TPSA) is 65.2 Å². The minimum Gasteiger partial charge on any atom is -0.461 e. The fourth-order valence-electron chi connectivity index (χ4n) is 1.88. The summed E-state index contributed by atoms with van der Waals surface area (Å²) >= 11 is 1.31. The number of carbonyl (C=O) groups is 1. The molecule has 106 valence electrons. The van der Waals surface area contributed by atoms with Crippen LogP contribution in [0.5, 0.6) is 0 Å². The van der Waals surface area contributed by atoms with Gasteiger partial charge in [-0.05, 0) is 25.3 Å². The molecule has 0 aliphatic heterocycles. The van der Waals surface area contributed by atoms with Crippen molar-refractivity contribution in [2.75, 3.05) is 6.61 Å². The summed E-state index contributed by atoms with van der Waals surface area (Å²) in [6.07, 6.45) is 1.72. The maximum atomic E-state index is 11.9. The van der Waals surface area contributed by atoms with Crippen LogP contribution in [0.4, 0.5) is 0 Å². The summed E-state index contributed by atoms with van der Waals surface area (Å²) in [6, 6.07) is 10.2. The number of aromatic nitrogens is 1. The molecule has 0 atom stereocenters. The van der Waals surface area contributed by atoms with Crippen molar-refractivity contribution in [3.8, 4) is 0 Å². The highest BCUT2D eigenvalue weighted by Gasteiger charge is 2.15. The standard InChI is InChI=1S/C15H18N2O2S/c1-11-14(20-13(10-16)17-11)15(18)19-9-5-8-12-6-3-2-4-7-12/h2-4,6-7H,5,8-10,16H2,1H3. The van der Waals surface area contributed by atoms with E-state index in [1.54, 1.807) is 6.92 Å². The van der Waals surface area contributed by atoms with Gasteiger partial charge in [-0.3, -0.25) is 0 Å². The van der Waals surface area contributed by atoms with Crippen molar-refractivity contribution in [3.63, 3.8) is 0 Å². The number of rotatable bonds is 6. The van der Waals surface area contributed by atoms with Gasteiger partial charge in [0.05, 0.1) is 12.3 Å². The molecule has 0 fully saturated rings. The third-order valence-corrected chi connectivity index (χ3v) is 4.05. The summed E-state index contributed by atoms with van der Waals surface area (Å²) in [7, 11) is 0. The van der Waals surface area contributed by atoms with Gasteiger partial charge in [-0.15, -0.1) is 11.3 Å². The largest absolute Gasteiger partial charge is 0.461 e. The Morgan fingerprint density at radius 1 is 1.35 bits per heavy atom. The molecule has 2 rings (SSSR count). The Bertz CT molecular complexity index is 567. The highest BCUT2D eigenvalue weighted by Crippen LogP contribution is 2.18. The van der Waals surface area contributed by atoms with Gasteiger partial charge >= 0.3 is 5.97 Å². The Kier molecular flexibility index (Phi) is 5.26. The van der Waals surface area contributed by atoms with Crippen LogP contribution in [0.1, 0.15) is 32.4 Å². The highest BCUT2D eigenvalue weighted by atomic mass is 32.1. The molecule has 20 heavy (non-hydrogen) atoms. The molecule has 0 spiro atoms. The van der Waals surface area contributed by atoms with E-state index in [-0.39, 0.29) is 5.97 Å². The van der Waals surface area contributed by atoms with Gasteiger partial charge < -0.3 is 10.5 Å². The maximum absolute atomic E-state index is 11.9. The number of esters is 1. The van der Waals surface area contributed by atoms with Crippen LogP contribution < -0.4 is 5.73 Å². The first-order chi connectivity index (χ1) is 9.70. The number of hydrogen-bond acceptors (Lipinski definition) is 5. The molecule has 4 nitrogen and oxygen atoms in total. The molecule has 2 aromatic rings. The first kappa shape index (κ1) is 14.7. The number of carbonyl (C=O) groups excluding carboxylic acids is 1. The van der Waals surface area contributed by atoms with Crippen LogP contribution in [0.15, 0.2) is 30.3 Å². The Balaban J connectivity index is 1.79.